The van der Waals surface area contributed by atoms with E-state index in [1.165, 1.54) is 12.2 Å². The highest BCUT2D eigenvalue weighted by molar-refractivity contribution is 5.78. The first-order valence-electron chi connectivity index (χ1n) is 7.72. The summed E-state index contributed by atoms with van der Waals surface area (Å²) in [6.07, 6.45) is 3.37. The molecule has 0 aliphatic rings. The minimum Gasteiger partial charge on any atom is -0.481 e. The van der Waals surface area contributed by atoms with Gasteiger partial charge in [-0.05, 0) is 24.0 Å². The summed E-state index contributed by atoms with van der Waals surface area (Å²) in [7, 11) is 0. The molecular weight excluding hydrogens is 304 g/mol. The van der Waals surface area contributed by atoms with Crippen LogP contribution in [0.15, 0.2) is 72.8 Å². The first-order chi connectivity index (χ1) is 11.5. The van der Waals surface area contributed by atoms with Crippen LogP contribution in [0.4, 0.5) is 0 Å². The van der Waals surface area contributed by atoms with Crippen LogP contribution >= 0.6 is 0 Å². The maximum atomic E-state index is 12.1. The van der Waals surface area contributed by atoms with E-state index in [0.29, 0.717) is 12.8 Å². The highest BCUT2D eigenvalue weighted by Gasteiger charge is 2.36. The summed E-state index contributed by atoms with van der Waals surface area (Å²) in [5.41, 5.74) is 0.615. The molecule has 0 aromatic heterocycles. The van der Waals surface area contributed by atoms with E-state index >= 15 is 0 Å². The largest absolute Gasteiger partial charge is 0.481 e. The number of carbonyl (C=O) groups is 2. The van der Waals surface area contributed by atoms with Crippen LogP contribution in [-0.4, -0.2) is 22.2 Å². The van der Waals surface area contributed by atoms with Crippen molar-refractivity contribution in [1.82, 2.24) is 0 Å². The Kier molecular flexibility index (Phi) is 5.90. The summed E-state index contributed by atoms with van der Waals surface area (Å²) >= 11 is 0. The van der Waals surface area contributed by atoms with Crippen molar-refractivity contribution in [1.29, 1.82) is 0 Å². The van der Waals surface area contributed by atoms with E-state index in [4.69, 9.17) is 5.11 Å². The van der Waals surface area contributed by atoms with Gasteiger partial charge in [-0.2, -0.15) is 0 Å². The van der Waals surface area contributed by atoms with Gasteiger partial charge in [0.15, 0.2) is 0 Å². The molecule has 124 valence electrons. The van der Waals surface area contributed by atoms with Crippen molar-refractivity contribution < 1.29 is 19.8 Å². The quantitative estimate of drug-likeness (QED) is 0.728. The maximum absolute atomic E-state index is 12.1. The predicted octanol–water partition coefficient (Wildman–Crippen LogP) is 3.57. The molecule has 4 nitrogen and oxygen atoms in total. The second-order valence-electron chi connectivity index (χ2n) is 5.79. The fraction of sp³-hybridized carbons (Fsp3) is 0.200. The van der Waals surface area contributed by atoms with E-state index in [2.05, 4.69) is 0 Å². The van der Waals surface area contributed by atoms with E-state index in [9.17, 15) is 14.7 Å². The maximum Gasteiger partial charge on any atom is 0.314 e. The van der Waals surface area contributed by atoms with Gasteiger partial charge in [0.2, 0.25) is 0 Å². The van der Waals surface area contributed by atoms with Crippen molar-refractivity contribution in [2.75, 3.05) is 0 Å². The Morgan fingerprint density at radius 3 is 1.67 bits per heavy atom. The highest BCUT2D eigenvalue weighted by Crippen LogP contribution is 2.30. The van der Waals surface area contributed by atoms with Crippen molar-refractivity contribution in [3.05, 3.63) is 83.9 Å². The molecule has 2 aromatic rings. The van der Waals surface area contributed by atoms with Crippen LogP contribution in [0.2, 0.25) is 0 Å². The minimum absolute atomic E-state index is 0.196. The molecule has 0 saturated heterocycles. The third kappa shape index (κ3) is 4.81. The zero-order valence-corrected chi connectivity index (χ0v) is 13.3. The Morgan fingerprint density at radius 2 is 1.29 bits per heavy atom. The molecule has 0 aliphatic heterocycles. The fourth-order valence-corrected chi connectivity index (χ4v) is 2.71. The highest BCUT2D eigenvalue weighted by atomic mass is 16.4. The number of rotatable bonds is 8. The summed E-state index contributed by atoms with van der Waals surface area (Å²) in [6.45, 7) is 0. The standard InChI is InChI=1S/C20H20O4/c21-18(22)12-7-13-20(19(23)24,14-16-8-3-1-4-9-16)15-17-10-5-2-6-11-17/h1-11,13H,12,14-15H2,(H,21,22)(H,23,24). The predicted molar refractivity (Wildman–Crippen MR) is 91.8 cm³/mol. The van der Waals surface area contributed by atoms with E-state index in [1.54, 1.807) is 0 Å². The molecule has 0 bridgehead atoms. The van der Waals surface area contributed by atoms with Crippen LogP contribution in [0.3, 0.4) is 0 Å². The molecule has 0 amide bonds. The monoisotopic (exact) mass is 324 g/mol. The zero-order chi connectivity index (χ0) is 17.4. The van der Waals surface area contributed by atoms with Gasteiger partial charge in [-0.3, -0.25) is 9.59 Å². The van der Waals surface area contributed by atoms with Crippen molar-refractivity contribution in [3.63, 3.8) is 0 Å². The van der Waals surface area contributed by atoms with Crippen LogP contribution in [0.5, 0.6) is 0 Å². The molecule has 2 aromatic carbocycles. The normalized spacial score (nSPS) is 11.5. The number of carboxylic acid groups (broad SMARTS) is 2. The summed E-state index contributed by atoms with van der Waals surface area (Å²) in [5.74, 6) is -1.94. The van der Waals surface area contributed by atoms with Gasteiger partial charge in [-0.25, -0.2) is 0 Å². The van der Waals surface area contributed by atoms with Gasteiger partial charge in [0.1, 0.15) is 0 Å². The molecule has 2 N–H and O–H groups in total. The number of aliphatic carboxylic acids is 2. The fourth-order valence-electron chi connectivity index (χ4n) is 2.71. The van der Waals surface area contributed by atoms with Crippen LogP contribution in [0.1, 0.15) is 17.5 Å². The molecule has 4 heteroatoms. The zero-order valence-electron chi connectivity index (χ0n) is 13.3. The van der Waals surface area contributed by atoms with Crippen molar-refractivity contribution in [3.8, 4) is 0 Å². The van der Waals surface area contributed by atoms with Gasteiger partial charge in [0, 0.05) is 0 Å². The topological polar surface area (TPSA) is 74.6 Å². The Labute approximate surface area is 141 Å². The van der Waals surface area contributed by atoms with Gasteiger partial charge in [0.25, 0.3) is 0 Å². The lowest BCUT2D eigenvalue weighted by Crippen LogP contribution is -2.34. The molecule has 24 heavy (non-hydrogen) atoms. The van der Waals surface area contributed by atoms with Crippen LogP contribution in [0.25, 0.3) is 0 Å². The minimum atomic E-state index is -1.18. The lowest BCUT2D eigenvalue weighted by atomic mass is 9.76. The average Bonchev–Trinajstić information content (AvgIpc) is 2.56. The summed E-state index contributed by atoms with van der Waals surface area (Å²) < 4.78 is 0. The van der Waals surface area contributed by atoms with E-state index < -0.39 is 17.4 Å². The molecule has 0 saturated carbocycles. The smallest absolute Gasteiger partial charge is 0.314 e. The molecule has 0 radical (unpaired) electrons. The number of hydrogen-bond acceptors (Lipinski definition) is 2. The van der Waals surface area contributed by atoms with Gasteiger partial charge in [0.05, 0.1) is 11.8 Å². The third-order valence-corrected chi connectivity index (χ3v) is 3.88. The van der Waals surface area contributed by atoms with E-state index in [0.717, 1.165) is 11.1 Å². The van der Waals surface area contributed by atoms with Gasteiger partial charge in [-0.15, -0.1) is 0 Å². The van der Waals surface area contributed by atoms with Crippen LogP contribution in [0, 0.1) is 5.41 Å². The molecular formula is C20H20O4. The molecule has 2 rings (SSSR count). The molecule has 0 fully saturated rings. The first-order valence-corrected chi connectivity index (χ1v) is 7.72. The number of hydrogen-bond donors (Lipinski definition) is 2. The Bertz CT molecular complexity index is 663. The Hall–Kier alpha value is -2.88. The van der Waals surface area contributed by atoms with Gasteiger partial charge in [-0.1, -0.05) is 72.8 Å². The van der Waals surface area contributed by atoms with Crippen LogP contribution in [-0.2, 0) is 22.4 Å². The van der Waals surface area contributed by atoms with Crippen molar-refractivity contribution in [2.24, 2.45) is 5.41 Å². The average molecular weight is 324 g/mol. The van der Waals surface area contributed by atoms with Crippen molar-refractivity contribution >= 4 is 11.9 Å². The Balaban J connectivity index is 2.37. The lowest BCUT2D eigenvalue weighted by molar-refractivity contribution is -0.146. The second kappa shape index (κ2) is 8.11. The lowest BCUT2D eigenvalue weighted by Gasteiger charge is -2.26. The van der Waals surface area contributed by atoms with E-state index in [1.807, 2.05) is 60.7 Å². The summed E-state index contributed by atoms with van der Waals surface area (Å²) in [4.78, 5) is 22.9. The molecule has 0 heterocycles. The van der Waals surface area contributed by atoms with E-state index in [-0.39, 0.29) is 6.42 Å². The SMILES string of the molecule is O=C(O)CC=CC(Cc1ccccc1)(Cc1ccccc1)C(=O)O. The summed E-state index contributed by atoms with van der Waals surface area (Å²) in [6, 6.07) is 18.8. The van der Waals surface area contributed by atoms with Crippen LogP contribution < -0.4 is 0 Å². The summed E-state index contributed by atoms with van der Waals surface area (Å²) in [5, 5.41) is 18.7. The molecule has 0 aliphatic carbocycles. The molecule has 0 unspecified atom stereocenters. The molecule has 0 atom stereocenters. The molecule has 0 spiro atoms. The Morgan fingerprint density at radius 1 is 0.833 bits per heavy atom. The number of benzene rings is 2. The first kappa shape index (κ1) is 17.5. The number of carboxylic acids is 2. The van der Waals surface area contributed by atoms with Crippen molar-refractivity contribution in [2.45, 2.75) is 19.3 Å². The van der Waals surface area contributed by atoms with Gasteiger partial charge >= 0.3 is 11.9 Å². The second-order valence-corrected chi connectivity index (χ2v) is 5.79. The third-order valence-electron chi connectivity index (χ3n) is 3.88. The van der Waals surface area contributed by atoms with Gasteiger partial charge < -0.3 is 10.2 Å².